The van der Waals surface area contributed by atoms with Crippen LogP contribution in [0.4, 0.5) is 0 Å². The molecule has 0 rings (SSSR count). The van der Waals surface area contributed by atoms with Gasteiger partial charge < -0.3 is 33.8 Å². The lowest BCUT2D eigenvalue weighted by Gasteiger charge is -2.21. The largest absolute Gasteiger partial charge is 0.472 e. The number of unbranched alkanes of at least 4 members (excludes halogenated alkanes) is 23. The van der Waals surface area contributed by atoms with Gasteiger partial charge in [0.2, 0.25) is 0 Å². The Hall–Kier alpha value is -4.28. The van der Waals surface area contributed by atoms with Crippen LogP contribution in [0.1, 0.15) is 285 Å². The molecule has 5 atom stereocenters. The molecule has 0 heterocycles. The summed E-state index contributed by atoms with van der Waals surface area (Å²) in [5.74, 6) is -2.28. The Morgan fingerprint density at radius 1 is 0.309 bits per heavy atom. The topological polar surface area (TPSA) is 237 Å². The number of ether oxygens (including phenoxy) is 4. The molecule has 0 bridgehead atoms. The molecule has 0 amide bonds. The second kappa shape index (κ2) is 67.3. The van der Waals surface area contributed by atoms with E-state index in [0.717, 1.165) is 154 Å². The molecule has 0 radical (unpaired) electrons. The number of aliphatic hydroxyl groups excluding tert-OH is 1. The molecule has 19 heteroatoms. The zero-order valence-corrected chi connectivity index (χ0v) is 60.4. The number of hydrogen-bond donors (Lipinski definition) is 3. The van der Waals surface area contributed by atoms with Gasteiger partial charge in [0.25, 0.3) is 0 Å². The fraction of sp³-hybridized carbons (Fsp3) is 0.707. The molecule has 540 valence electrons. The van der Waals surface area contributed by atoms with Crippen LogP contribution in [0.15, 0.2) is 109 Å². The number of phosphoric ester groups is 2. The molecular formula is C75H128O17P2. The maximum absolute atomic E-state index is 13.0. The van der Waals surface area contributed by atoms with Crippen molar-refractivity contribution in [1.82, 2.24) is 0 Å². The molecule has 0 aromatic heterocycles. The highest BCUT2D eigenvalue weighted by molar-refractivity contribution is 7.47. The number of phosphoric acid groups is 2. The van der Waals surface area contributed by atoms with Gasteiger partial charge in [0.15, 0.2) is 12.2 Å². The Morgan fingerprint density at radius 3 is 0.936 bits per heavy atom. The van der Waals surface area contributed by atoms with Gasteiger partial charge in [-0.2, -0.15) is 0 Å². The number of hydrogen-bond acceptors (Lipinski definition) is 15. The maximum Gasteiger partial charge on any atom is 0.472 e. The molecule has 0 saturated heterocycles. The van der Waals surface area contributed by atoms with E-state index in [2.05, 4.69) is 125 Å². The minimum Gasteiger partial charge on any atom is -0.462 e. The lowest BCUT2D eigenvalue weighted by molar-refractivity contribution is -0.161. The van der Waals surface area contributed by atoms with Crippen LogP contribution in [-0.2, 0) is 65.4 Å². The summed E-state index contributed by atoms with van der Waals surface area (Å²) in [5.41, 5.74) is 0. The van der Waals surface area contributed by atoms with Crippen LogP contribution in [-0.4, -0.2) is 96.7 Å². The lowest BCUT2D eigenvalue weighted by atomic mass is 10.1. The summed E-state index contributed by atoms with van der Waals surface area (Å²) in [4.78, 5) is 72.6. The Bertz CT molecular complexity index is 2220. The van der Waals surface area contributed by atoms with Crippen molar-refractivity contribution in [2.75, 3.05) is 39.6 Å². The monoisotopic (exact) mass is 1360 g/mol. The molecule has 17 nitrogen and oxygen atoms in total. The van der Waals surface area contributed by atoms with E-state index in [0.29, 0.717) is 32.1 Å². The van der Waals surface area contributed by atoms with Crippen LogP contribution in [0.2, 0.25) is 0 Å². The highest BCUT2D eigenvalue weighted by Gasteiger charge is 2.30. The van der Waals surface area contributed by atoms with E-state index in [4.69, 9.17) is 37.0 Å². The van der Waals surface area contributed by atoms with Gasteiger partial charge in [0.1, 0.15) is 19.3 Å². The van der Waals surface area contributed by atoms with Gasteiger partial charge in [-0.05, 0) is 135 Å². The Balaban J connectivity index is 5.36. The molecule has 0 aliphatic rings. The van der Waals surface area contributed by atoms with E-state index < -0.39 is 97.5 Å². The Labute approximate surface area is 569 Å². The number of aliphatic hydroxyl groups is 1. The molecule has 0 saturated carbocycles. The van der Waals surface area contributed by atoms with Crippen LogP contribution in [0.25, 0.3) is 0 Å². The van der Waals surface area contributed by atoms with E-state index in [9.17, 15) is 43.2 Å². The van der Waals surface area contributed by atoms with Crippen LogP contribution >= 0.6 is 15.6 Å². The van der Waals surface area contributed by atoms with Gasteiger partial charge in [0, 0.05) is 25.7 Å². The Kier molecular flexibility index (Phi) is 64.2. The van der Waals surface area contributed by atoms with E-state index >= 15 is 0 Å². The van der Waals surface area contributed by atoms with Crippen molar-refractivity contribution in [2.24, 2.45) is 0 Å². The van der Waals surface area contributed by atoms with Crippen LogP contribution in [0.3, 0.4) is 0 Å². The molecule has 0 aromatic carbocycles. The van der Waals surface area contributed by atoms with Gasteiger partial charge in [-0.25, -0.2) is 9.13 Å². The molecule has 0 aliphatic carbocycles. The SMILES string of the molecule is CC/C=C\C/C=C\C/C=C\C/C=C\C/C=C\CCCC(=O)OCC(COP(=O)(O)OCC(O)COP(=O)(O)OCC(COC(=O)CCCCCCC/C=C\C/C=C\CCCCC)OC(=O)CCCCCCC/C=C\CCCC)OC(=O)CCCCCCC/C=C\CCCC. The lowest BCUT2D eigenvalue weighted by Crippen LogP contribution is -2.30. The van der Waals surface area contributed by atoms with Gasteiger partial charge in [-0.1, -0.05) is 233 Å². The first-order valence-corrected chi connectivity index (χ1v) is 39.1. The summed E-state index contributed by atoms with van der Waals surface area (Å²) in [5, 5.41) is 10.6. The number of carbonyl (C=O) groups is 4. The van der Waals surface area contributed by atoms with Gasteiger partial charge in [0.05, 0.1) is 26.4 Å². The molecule has 0 aliphatic heterocycles. The molecule has 5 unspecified atom stereocenters. The molecule has 0 fully saturated rings. The first kappa shape index (κ1) is 89.7. The van der Waals surface area contributed by atoms with Gasteiger partial charge in [-0.15, -0.1) is 0 Å². The first-order valence-electron chi connectivity index (χ1n) is 36.1. The zero-order chi connectivity index (χ0) is 69.0. The van der Waals surface area contributed by atoms with Crippen molar-refractivity contribution >= 4 is 39.5 Å². The third-order valence-corrected chi connectivity index (χ3v) is 16.6. The summed E-state index contributed by atoms with van der Waals surface area (Å²) in [7, 11) is -9.96. The highest BCUT2D eigenvalue weighted by Crippen LogP contribution is 2.45. The summed E-state index contributed by atoms with van der Waals surface area (Å²) in [6, 6.07) is 0. The maximum atomic E-state index is 13.0. The molecular weight excluding hydrogens is 1230 g/mol. The van der Waals surface area contributed by atoms with Crippen LogP contribution < -0.4 is 0 Å². The van der Waals surface area contributed by atoms with Crippen LogP contribution in [0, 0.1) is 0 Å². The van der Waals surface area contributed by atoms with E-state index in [1.165, 1.54) is 44.9 Å². The standard InChI is InChI=1S/C75H128O17P2/c1-5-9-13-17-21-25-29-31-33-34-36-38-42-44-48-52-56-60-73(78)86-66-71(92-75(80)62-58-54-50-46-40-28-24-20-16-12-8-4)68-90-94(83,84)88-64-69(76)63-87-93(81,82)89-67-70(91-74(79)61-57-53-49-45-39-27-23-19-15-11-7-3)65-85-72(77)59-55-51-47-43-41-37-35-32-30-26-22-18-14-10-6-2/h9,13,19-26,31-33,35-36,38,44,48,69-71,76H,5-8,10-12,14-18,27-30,34,37,39-43,45-47,49-68H2,1-4H3,(H,81,82)(H,83,84)/b13-9-,23-19-,24-20-,25-21-,26-22-,33-31-,35-32-,38-36-,48-44-. The van der Waals surface area contributed by atoms with Crippen molar-refractivity contribution in [2.45, 2.75) is 303 Å². The minimum absolute atomic E-state index is 0.0704. The fourth-order valence-electron chi connectivity index (χ4n) is 9.13. The number of rotatable bonds is 67. The normalized spacial score (nSPS) is 14.7. The fourth-order valence-corrected chi connectivity index (χ4v) is 10.7. The predicted octanol–water partition coefficient (Wildman–Crippen LogP) is 20.2. The van der Waals surface area contributed by atoms with Crippen molar-refractivity contribution in [3.05, 3.63) is 109 Å². The second-order valence-electron chi connectivity index (χ2n) is 23.8. The summed E-state index contributed by atoms with van der Waals surface area (Å²) in [6.45, 7) is 4.53. The zero-order valence-electron chi connectivity index (χ0n) is 58.6. The number of carbonyl (C=O) groups excluding carboxylic acids is 4. The second-order valence-corrected chi connectivity index (χ2v) is 26.7. The predicted molar refractivity (Wildman–Crippen MR) is 381 cm³/mol. The van der Waals surface area contributed by atoms with Crippen molar-refractivity contribution in [1.29, 1.82) is 0 Å². The van der Waals surface area contributed by atoms with Crippen molar-refractivity contribution in [3.63, 3.8) is 0 Å². The average molecular weight is 1360 g/mol. The summed E-state index contributed by atoms with van der Waals surface area (Å²) >= 11 is 0. The average Bonchev–Trinajstić information content (AvgIpc) is 1.32. The third-order valence-electron chi connectivity index (χ3n) is 14.7. The van der Waals surface area contributed by atoms with E-state index in [1.807, 2.05) is 12.2 Å². The quantitative estimate of drug-likeness (QED) is 0.0169. The first-order chi connectivity index (χ1) is 45.7. The summed E-state index contributed by atoms with van der Waals surface area (Å²) < 4.78 is 68.2. The smallest absolute Gasteiger partial charge is 0.462 e. The van der Waals surface area contributed by atoms with Crippen molar-refractivity contribution in [3.8, 4) is 0 Å². The van der Waals surface area contributed by atoms with E-state index in [1.54, 1.807) is 0 Å². The molecule has 94 heavy (non-hydrogen) atoms. The molecule has 3 N–H and O–H groups in total. The van der Waals surface area contributed by atoms with Crippen molar-refractivity contribution < 1.29 is 80.2 Å². The number of esters is 4. The Morgan fingerprint density at radius 2 is 0.574 bits per heavy atom. The van der Waals surface area contributed by atoms with E-state index in [-0.39, 0.29) is 25.7 Å². The van der Waals surface area contributed by atoms with Gasteiger partial charge in [-0.3, -0.25) is 37.3 Å². The minimum atomic E-state index is -4.98. The number of allylic oxidation sites excluding steroid dienone is 18. The highest BCUT2D eigenvalue weighted by atomic mass is 31.2. The summed E-state index contributed by atoms with van der Waals surface area (Å²) in [6.07, 6.45) is 69.7. The molecule has 0 aromatic rings. The van der Waals surface area contributed by atoms with Crippen LogP contribution in [0.5, 0.6) is 0 Å². The molecule has 0 spiro atoms. The van der Waals surface area contributed by atoms with Gasteiger partial charge >= 0.3 is 39.5 Å². The third kappa shape index (κ3) is 66.3.